The van der Waals surface area contributed by atoms with Gasteiger partial charge in [-0.05, 0) is 24.1 Å². The van der Waals surface area contributed by atoms with E-state index in [1.807, 2.05) is 6.07 Å². The smallest absolute Gasteiger partial charge is 0.110 e. The molecule has 0 amide bonds. The van der Waals surface area contributed by atoms with Crippen molar-refractivity contribution < 1.29 is 0 Å². The summed E-state index contributed by atoms with van der Waals surface area (Å²) in [5, 5.41) is 10.8. The highest BCUT2D eigenvalue weighted by Crippen LogP contribution is 2.38. The van der Waals surface area contributed by atoms with Crippen LogP contribution in [-0.2, 0) is 0 Å². The first-order chi connectivity index (χ1) is 10.2. The minimum Gasteiger partial charge on any atom is -0.348 e. The van der Waals surface area contributed by atoms with E-state index in [1.54, 1.807) is 24.5 Å². The first-order valence-corrected chi connectivity index (χ1v) is 7.76. The molecule has 2 aromatic rings. The summed E-state index contributed by atoms with van der Waals surface area (Å²) in [5.41, 5.74) is 0.807. The Labute approximate surface area is 134 Å². The molecular formula is C16H17Cl2N3. The minimum atomic E-state index is -0.340. The molecule has 1 heterocycles. The Morgan fingerprint density at radius 1 is 1.38 bits per heavy atom. The molecule has 1 N–H and O–H groups in total. The summed E-state index contributed by atoms with van der Waals surface area (Å²) >= 11 is 12.2. The molecule has 3 nitrogen and oxygen atoms in total. The summed E-state index contributed by atoms with van der Waals surface area (Å²) in [6, 6.07) is 7.67. The highest BCUT2D eigenvalue weighted by molar-refractivity contribution is 6.35. The first-order valence-electron chi connectivity index (χ1n) is 7.01. The number of rotatable bonds is 6. The summed E-state index contributed by atoms with van der Waals surface area (Å²) in [7, 11) is 0. The summed E-state index contributed by atoms with van der Waals surface area (Å²) in [4.78, 5) is 7.47. The number of aromatic nitrogens is 2. The van der Waals surface area contributed by atoms with Gasteiger partial charge < -0.3 is 4.98 Å². The van der Waals surface area contributed by atoms with Crippen LogP contribution in [0.2, 0.25) is 10.0 Å². The molecule has 0 radical (unpaired) electrons. The van der Waals surface area contributed by atoms with E-state index in [4.69, 9.17) is 23.2 Å². The van der Waals surface area contributed by atoms with E-state index < -0.39 is 0 Å². The van der Waals surface area contributed by atoms with Crippen LogP contribution in [0, 0.1) is 11.3 Å². The lowest BCUT2D eigenvalue weighted by Gasteiger charge is -2.21. The summed E-state index contributed by atoms with van der Waals surface area (Å²) < 4.78 is 0. The number of imidazole rings is 1. The Morgan fingerprint density at radius 2 is 2.19 bits per heavy atom. The molecule has 2 rings (SSSR count). The maximum absolute atomic E-state index is 9.66. The van der Waals surface area contributed by atoms with Crippen LogP contribution in [0.15, 0.2) is 30.6 Å². The van der Waals surface area contributed by atoms with E-state index in [-0.39, 0.29) is 11.8 Å². The fourth-order valence-corrected chi connectivity index (χ4v) is 3.02. The van der Waals surface area contributed by atoms with Crippen LogP contribution in [0.1, 0.15) is 49.4 Å². The zero-order valence-electron chi connectivity index (χ0n) is 11.8. The van der Waals surface area contributed by atoms with Crippen LogP contribution in [0.5, 0.6) is 0 Å². The van der Waals surface area contributed by atoms with Crippen molar-refractivity contribution in [2.45, 2.75) is 38.0 Å². The third kappa shape index (κ3) is 3.78. The van der Waals surface area contributed by atoms with Gasteiger partial charge in [-0.2, -0.15) is 5.26 Å². The molecule has 0 fully saturated rings. The van der Waals surface area contributed by atoms with Crippen molar-refractivity contribution in [3.8, 4) is 6.07 Å². The number of H-pyrrole nitrogens is 1. The molecule has 1 aromatic carbocycles. The van der Waals surface area contributed by atoms with Gasteiger partial charge >= 0.3 is 0 Å². The number of aromatic amines is 1. The van der Waals surface area contributed by atoms with Gasteiger partial charge in [0.2, 0.25) is 0 Å². The fourth-order valence-electron chi connectivity index (χ4n) is 2.50. The van der Waals surface area contributed by atoms with Gasteiger partial charge in [-0.1, -0.05) is 49.0 Å². The maximum atomic E-state index is 9.66. The number of benzene rings is 1. The van der Waals surface area contributed by atoms with Crippen LogP contribution in [0.3, 0.4) is 0 Å². The van der Waals surface area contributed by atoms with Crippen molar-refractivity contribution >= 4 is 23.2 Å². The van der Waals surface area contributed by atoms with Crippen LogP contribution in [0.25, 0.3) is 0 Å². The molecule has 0 aliphatic carbocycles. The van der Waals surface area contributed by atoms with Crippen LogP contribution >= 0.6 is 23.2 Å². The van der Waals surface area contributed by atoms with Gasteiger partial charge in [-0.3, -0.25) is 0 Å². The Bertz CT molecular complexity index is 617. The lowest BCUT2D eigenvalue weighted by molar-refractivity contribution is 0.525. The highest BCUT2D eigenvalue weighted by atomic mass is 35.5. The molecule has 2 atom stereocenters. The van der Waals surface area contributed by atoms with Crippen LogP contribution in [-0.4, -0.2) is 9.97 Å². The second kappa shape index (κ2) is 7.49. The molecule has 0 saturated heterocycles. The number of nitrogens with zero attached hydrogens (tertiary/aromatic N) is 2. The van der Waals surface area contributed by atoms with Crippen molar-refractivity contribution in [1.82, 2.24) is 9.97 Å². The fraction of sp³-hybridized carbons (Fsp3) is 0.375. The number of hydrogen-bond acceptors (Lipinski definition) is 2. The van der Waals surface area contributed by atoms with E-state index in [0.29, 0.717) is 10.0 Å². The van der Waals surface area contributed by atoms with Gasteiger partial charge in [-0.15, -0.1) is 0 Å². The second-order valence-corrected chi connectivity index (χ2v) is 5.84. The average Bonchev–Trinajstić information content (AvgIpc) is 2.98. The van der Waals surface area contributed by atoms with Gasteiger partial charge in [0.05, 0.1) is 12.0 Å². The number of halogens is 2. The molecule has 5 heteroatoms. The monoisotopic (exact) mass is 321 g/mol. The minimum absolute atomic E-state index is 0.00336. The molecule has 0 aliphatic rings. The van der Waals surface area contributed by atoms with E-state index in [0.717, 1.165) is 30.7 Å². The number of unbranched alkanes of at least 4 members (excludes halogenated alkanes) is 1. The molecule has 21 heavy (non-hydrogen) atoms. The lowest BCUT2D eigenvalue weighted by atomic mass is 9.83. The van der Waals surface area contributed by atoms with Crippen molar-refractivity contribution in [2.75, 3.05) is 0 Å². The van der Waals surface area contributed by atoms with Gasteiger partial charge in [0, 0.05) is 28.4 Å². The van der Waals surface area contributed by atoms with Gasteiger partial charge in [0.1, 0.15) is 5.82 Å². The third-order valence-corrected chi connectivity index (χ3v) is 4.14. The van der Waals surface area contributed by atoms with Crippen molar-refractivity contribution in [1.29, 1.82) is 5.26 Å². The Balaban J connectivity index is 2.37. The summed E-state index contributed by atoms with van der Waals surface area (Å²) in [5.74, 6) is 0.497. The summed E-state index contributed by atoms with van der Waals surface area (Å²) in [6.07, 6.45) is 6.50. The number of hydrogen-bond donors (Lipinski definition) is 1. The van der Waals surface area contributed by atoms with Crippen molar-refractivity contribution in [3.05, 3.63) is 52.0 Å². The van der Waals surface area contributed by atoms with Gasteiger partial charge in [0.15, 0.2) is 0 Å². The predicted molar refractivity (Wildman–Crippen MR) is 85.7 cm³/mol. The highest BCUT2D eigenvalue weighted by Gasteiger charge is 2.28. The third-order valence-electron chi connectivity index (χ3n) is 3.58. The Hall–Kier alpha value is -1.50. The average molecular weight is 322 g/mol. The quantitative estimate of drug-likeness (QED) is 0.785. The molecule has 0 saturated carbocycles. The topological polar surface area (TPSA) is 52.5 Å². The Morgan fingerprint density at radius 3 is 2.76 bits per heavy atom. The van der Waals surface area contributed by atoms with E-state index in [9.17, 15) is 5.26 Å². The molecule has 110 valence electrons. The van der Waals surface area contributed by atoms with Crippen LogP contribution < -0.4 is 0 Å². The van der Waals surface area contributed by atoms with Gasteiger partial charge in [-0.25, -0.2) is 4.98 Å². The van der Waals surface area contributed by atoms with Crippen molar-refractivity contribution in [3.63, 3.8) is 0 Å². The zero-order chi connectivity index (χ0) is 15.2. The maximum Gasteiger partial charge on any atom is 0.110 e. The second-order valence-electron chi connectivity index (χ2n) is 5.00. The van der Waals surface area contributed by atoms with E-state index in [1.165, 1.54) is 0 Å². The SMILES string of the molecule is CCCCC(c1ncc[nH]1)C(C#N)c1ccc(Cl)cc1Cl. The normalized spacial score (nSPS) is 13.6. The predicted octanol–water partition coefficient (Wildman–Crippen LogP) is 5.30. The molecule has 0 spiro atoms. The lowest BCUT2D eigenvalue weighted by Crippen LogP contribution is -2.12. The zero-order valence-corrected chi connectivity index (χ0v) is 13.3. The molecule has 0 aliphatic heterocycles. The summed E-state index contributed by atoms with van der Waals surface area (Å²) in [6.45, 7) is 2.13. The molecule has 2 unspecified atom stereocenters. The van der Waals surface area contributed by atoms with Crippen molar-refractivity contribution in [2.24, 2.45) is 0 Å². The molecular weight excluding hydrogens is 305 g/mol. The van der Waals surface area contributed by atoms with E-state index in [2.05, 4.69) is 23.0 Å². The van der Waals surface area contributed by atoms with Crippen LogP contribution in [0.4, 0.5) is 0 Å². The standard InChI is InChI=1S/C16H17Cl2N3/c1-2-3-4-13(16-20-7-8-21-16)14(10-19)12-6-5-11(17)9-15(12)18/h5-9,13-14H,2-4H2,1H3,(H,20,21). The van der Waals surface area contributed by atoms with E-state index >= 15 is 0 Å². The Kier molecular flexibility index (Phi) is 5.67. The largest absolute Gasteiger partial charge is 0.348 e. The molecule has 1 aromatic heterocycles. The first kappa shape index (κ1) is 15.9. The number of nitrogens with one attached hydrogen (secondary N) is 1. The number of nitriles is 1. The van der Waals surface area contributed by atoms with Gasteiger partial charge in [0.25, 0.3) is 0 Å². The molecule has 0 bridgehead atoms.